The Morgan fingerprint density at radius 1 is 0.569 bits per heavy atom. The lowest BCUT2D eigenvalue weighted by atomic mass is 10.0. The van der Waals surface area contributed by atoms with Crippen molar-refractivity contribution in [3.8, 4) is 0 Å². The minimum absolute atomic E-state index is 0.0923. The van der Waals surface area contributed by atoms with Crippen LogP contribution in [0.5, 0.6) is 0 Å². The molecular formula is C42H87N2O6P. The molecule has 51 heavy (non-hydrogen) atoms. The molecule has 1 amide bonds. The predicted octanol–water partition coefficient (Wildman–Crippen LogP) is 12.2. The molecule has 0 spiro atoms. The number of carbonyl (C=O) groups excluding carboxylic acids is 1. The van der Waals surface area contributed by atoms with E-state index in [9.17, 15) is 19.4 Å². The minimum Gasteiger partial charge on any atom is -0.391 e. The van der Waals surface area contributed by atoms with Crippen LogP contribution in [-0.4, -0.2) is 47.8 Å². The van der Waals surface area contributed by atoms with Crippen molar-refractivity contribution in [2.45, 2.75) is 244 Å². The number of nitrogens with one attached hydrogen (secondary N) is 1. The summed E-state index contributed by atoms with van der Waals surface area (Å²) < 4.78 is 22.1. The maximum atomic E-state index is 12.8. The van der Waals surface area contributed by atoms with Crippen LogP contribution in [0.25, 0.3) is 0 Å². The summed E-state index contributed by atoms with van der Waals surface area (Å²) in [6.07, 6.45) is 41.2. The number of aliphatic hydroxyl groups excluding tert-OH is 1. The Morgan fingerprint density at radius 3 is 1.25 bits per heavy atom. The van der Waals surface area contributed by atoms with Gasteiger partial charge in [0.05, 0.1) is 25.4 Å². The standard InChI is InChI=1S/C42H87N2O6P/c1-3-5-7-9-11-13-15-16-17-18-19-20-21-22-23-24-26-28-30-32-34-36-42(46)44-40(39-50-51(47,48)49-38-37-43)41(45)35-33-31-29-27-25-14-12-10-8-6-4-2/h40-41,45H,3-39,43H2,1-2H3,(H,44,46)(H,47,48)/t40-,41+/m0/s1. The van der Waals surface area contributed by atoms with Crippen molar-refractivity contribution in [1.82, 2.24) is 5.32 Å². The second-order valence-electron chi connectivity index (χ2n) is 15.3. The van der Waals surface area contributed by atoms with Gasteiger partial charge in [0, 0.05) is 13.0 Å². The molecule has 1 unspecified atom stereocenters. The van der Waals surface area contributed by atoms with Gasteiger partial charge in [0.1, 0.15) is 0 Å². The second kappa shape index (κ2) is 39.2. The number of nitrogens with two attached hydrogens (primary N) is 1. The lowest BCUT2D eigenvalue weighted by Crippen LogP contribution is -2.46. The molecule has 9 heteroatoms. The molecular weight excluding hydrogens is 659 g/mol. The molecule has 5 N–H and O–H groups in total. The molecule has 0 rings (SSSR count). The number of hydrogen-bond acceptors (Lipinski definition) is 6. The molecule has 0 aliphatic heterocycles. The molecule has 0 fully saturated rings. The van der Waals surface area contributed by atoms with Crippen LogP contribution in [0.1, 0.15) is 232 Å². The molecule has 0 bridgehead atoms. The van der Waals surface area contributed by atoms with Crippen molar-refractivity contribution >= 4 is 13.7 Å². The van der Waals surface area contributed by atoms with Crippen LogP contribution in [0.2, 0.25) is 0 Å². The highest BCUT2D eigenvalue weighted by molar-refractivity contribution is 7.47. The molecule has 0 heterocycles. The van der Waals surface area contributed by atoms with E-state index in [1.54, 1.807) is 0 Å². The monoisotopic (exact) mass is 747 g/mol. The Morgan fingerprint density at radius 2 is 0.902 bits per heavy atom. The number of rotatable bonds is 42. The van der Waals surface area contributed by atoms with E-state index < -0.39 is 20.0 Å². The summed E-state index contributed by atoms with van der Waals surface area (Å²) in [6.45, 7) is 4.22. The zero-order chi connectivity index (χ0) is 37.5. The van der Waals surface area contributed by atoms with Crippen LogP contribution in [0.3, 0.4) is 0 Å². The third-order valence-corrected chi connectivity index (χ3v) is 11.2. The number of unbranched alkanes of at least 4 members (excludes halogenated alkanes) is 30. The highest BCUT2D eigenvalue weighted by atomic mass is 31.2. The number of phosphoric acid groups is 1. The topological polar surface area (TPSA) is 131 Å². The van der Waals surface area contributed by atoms with Crippen molar-refractivity contribution < 1.29 is 28.4 Å². The van der Waals surface area contributed by atoms with Gasteiger partial charge >= 0.3 is 7.82 Å². The first-order chi connectivity index (χ1) is 24.9. The fourth-order valence-corrected chi connectivity index (χ4v) is 7.60. The number of aliphatic hydroxyl groups is 1. The zero-order valence-electron chi connectivity index (χ0n) is 33.9. The van der Waals surface area contributed by atoms with Gasteiger partial charge in [-0.05, 0) is 12.8 Å². The molecule has 0 saturated heterocycles. The predicted molar refractivity (Wildman–Crippen MR) is 217 cm³/mol. The first-order valence-electron chi connectivity index (χ1n) is 22.2. The average Bonchev–Trinajstić information content (AvgIpc) is 3.12. The third-order valence-electron chi connectivity index (χ3n) is 10.2. The third kappa shape index (κ3) is 37.6. The van der Waals surface area contributed by atoms with Crippen LogP contribution < -0.4 is 11.1 Å². The molecule has 0 aromatic heterocycles. The maximum Gasteiger partial charge on any atom is 0.472 e. The Bertz CT molecular complexity index is 774. The SMILES string of the molecule is CCCCCCCCCCCCCCCCCCCCCCCC(=O)N[C@@H](COP(=O)(O)OCCN)[C@H](O)CCCCCCCCCCCCC. The van der Waals surface area contributed by atoms with Gasteiger partial charge in [-0.1, -0.05) is 213 Å². The molecule has 0 aromatic rings. The second-order valence-corrected chi connectivity index (χ2v) is 16.7. The first-order valence-corrected chi connectivity index (χ1v) is 23.6. The van der Waals surface area contributed by atoms with Crippen molar-refractivity contribution in [3.05, 3.63) is 0 Å². The summed E-state index contributed by atoms with van der Waals surface area (Å²) in [4.78, 5) is 22.7. The van der Waals surface area contributed by atoms with Gasteiger partial charge < -0.3 is 21.1 Å². The first kappa shape index (κ1) is 50.5. The smallest absolute Gasteiger partial charge is 0.391 e. The van der Waals surface area contributed by atoms with Crippen LogP contribution in [-0.2, 0) is 18.4 Å². The minimum atomic E-state index is -4.30. The Hall–Kier alpha value is -0.500. The van der Waals surface area contributed by atoms with Crippen molar-refractivity contribution in [1.29, 1.82) is 0 Å². The largest absolute Gasteiger partial charge is 0.472 e. The number of carbonyl (C=O) groups is 1. The highest BCUT2D eigenvalue weighted by Gasteiger charge is 2.27. The van der Waals surface area contributed by atoms with Gasteiger partial charge in [0.15, 0.2) is 0 Å². The lowest BCUT2D eigenvalue weighted by Gasteiger charge is -2.25. The van der Waals surface area contributed by atoms with Gasteiger partial charge in [0.2, 0.25) is 5.91 Å². The average molecular weight is 747 g/mol. The van der Waals surface area contributed by atoms with Crippen molar-refractivity contribution in [2.24, 2.45) is 5.73 Å². The van der Waals surface area contributed by atoms with E-state index in [1.807, 2.05) is 0 Å². The quantitative estimate of drug-likeness (QED) is 0.0361. The van der Waals surface area contributed by atoms with Gasteiger partial charge in [-0.2, -0.15) is 0 Å². The summed E-state index contributed by atoms with van der Waals surface area (Å²) >= 11 is 0. The summed E-state index contributed by atoms with van der Waals surface area (Å²) in [6, 6.07) is -0.766. The zero-order valence-corrected chi connectivity index (χ0v) is 34.8. The van der Waals surface area contributed by atoms with E-state index in [4.69, 9.17) is 14.8 Å². The van der Waals surface area contributed by atoms with E-state index in [0.29, 0.717) is 12.8 Å². The van der Waals surface area contributed by atoms with Gasteiger partial charge in [-0.3, -0.25) is 13.8 Å². The van der Waals surface area contributed by atoms with Crippen molar-refractivity contribution in [3.63, 3.8) is 0 Å². The van der Waals surface area contributed by atoms with E-state index in [2.05, 4.69) is 19.2 Å². The van der Waals surface area contributed by atoms with Crippen molar-refractivity contribution in [2.75, 3.05) is 19.8 Å². The fourth-order valence-electron chi connectivity index (χ4n) is 6.84. The molecule has 0 aliphatic rings. The van der Waals surface area contributed by atoms with E-state index >= 15 is 0 Å². The Labute approximate surface area is 316 Å². The molecule has 0 saturated carbocycles. The summed E-state index contributed by atoms with van der Waals surface area (Å²) in [5.74, 6) is -0.157. The fraction of sp³-hybridized carbons (Fsp3) is 0.976. The molecule has 3 atom stereocenters. The maximum absolute atomic E-state index is 12.8. The van der Waals surface area contributed by atoms with E-state index in [-0.39, 0.29) is 25.7 Å². The number of amides is 1. The molecule has 306 valence electrons. The van der Waals surface area contributed by atoms with Crippen LogP contribution in [0, 0.1) is 0 Å². The summed E-state index contributed by atoms with van der Waals surface area (Å²) in [7, 11) is -4.30. The van der Waals surface area contributed by atoms with Gasteiger partial charge in [-0.25, -0.2) is 4.57 Å². The lowest BCUT2D eigenvalue weighted by molar-refractivity contribution is -0.123. The molecule has 0 aliphatic carbocycles. The number of phosphoric ester groups is 1. The van der Waals surface area contributed by atoms with E-state index in [0.717, 1.165) is 38.5 Å². The van der Waals surface area contributed by atoms with Crippen LogP contribution in [0.4, 0.5) is 0 Å². The molecule has 0 radical (unpaired) electrons. The summed E-state index contributed by atoms with van der Waals surface area (Å²) in [5.41, 5.74) is 5.37. The van der Waals surface area contributed by atoms with Crippen LogP contribution >= 0.6 is 7.82 Å². The highest BCUT2D eigenvalue weighted by Crippen LogP contribution is 2.43. The number of hydrogen-bond donors (Lipinski definition) is 4. The normalized spacial score (nSPS) is 14.1. The summed E-state index contributed by atoms with van der Waals surface area (Å²) in [5, 5.41) is 13.8. The van der Waals surface area contributed by atoms with Gasteiger partial charge in [0.25, 0.3) is 0 Å². The van der Waals surface area contributed by atoms with E-state index in [1.165, 1.54) is 167 Å². The molecule has 0 aromatic carbocycles. The van der Waals surface area contributed by atoms with Gasteiger partial charge in [-0.15, -0.1) is 0 Å². The molecule has 8 nitrogen and oxygen atoms in total. The van der Waals surface area contributed by atoms with Crippen LogP contribution in [0.15, 0.2) is 0 Å². The Balaban J connectivity index is 4.01. The Kier molecular flexibility index (Phi) is 38.8.